The minimum atomic E-state index is -0.486. The summed E-state index contributed by atoms with van der Waals surface area (Å²) >= 11 is 0. The van der Waals surface area contributed by atoms with E-state index in [1.54, 1.807) is 6.20 Å². The van der Waals surface area contributed by atoms with Crippen molar-refractivity contribution >= 4 is 17.6 Å². The number of anilines is 2. The fourth-order valence-electron chi connectivity index (χ4n) is 1.40. The summed E-state index contributed by atoms with van der Waals surface area (Å²) in [4.78, 5) is 15.6. The van der Waals surface area contributed by atoms with Crippen LogP contribution in [0.5, 0.6) is 0 Å². The maximum Gasteiger partial charge on any atom is 0.407 e. The minimum absolute atomic E-state index is 0.431. The quantitative estimate of drug-likeness (QED) is 0.724. The van der Waals surface area contributed by atoms with Gasteiger partial charge in [0.1, 0.15) is 11.4 Å². The van der Waals surface area contributed by atoms with E-state index in [4.69, 9.17) is 10.5 Å². The van der Waals surface area contributed by atoms with E-state index in [0.717, 1.165) is 5.56 Å². The number of ether oxygens (including phenoxy) is 1. The molecule has 1 aromatic rings. The van der Waals surface area contributed by atoms with Gasteiger partial charge >= 0.3 is 6.09 Å². The third-order valence-electron chi connectivity index (χ3n) is 2.14. The number of amides is 1. The lowest BCUT2D eigenvalue weighted by molar-refractivity contribution is 0.0530. The number of aromatic nitrogens is 1. The Morgan fingerprint density at radius 1 is 1.42 bits per heavy atom. The van der Waals surface area contributed by atoms with Crippen molar-refractivity contribution < 1.29 is 9.53 Å². The molecule has 0 spiro atoms. The fourth-order valence-corrected chi connectivity index (χ4v) is 1.40. The van der Waals surface area contributed by atoms with Gasteiger partial charge in [0.15, 0.2) is 0 Å². The number of nitrogens with one attached hydrogen (secondary N) is 2. The number of nitrogens with zero attached hydrogens (tertiary/aromatic N) is 1. The maximum atomic E-state index is 11.4. The molecular formula is C13H22N4O2. The zero-order chi connectivity index (χ0) is 14.5. The van der Waals surface area contributed by atoms with Gasteiger partial charge in [-0.3, -0.25) is 0 Å². The van der Waals surface area contributed by atoms with Crippen LogP contribution >= 0.6 is 0 Å². The van der Waals surface area contributed by atoms with E-state index in [-0.39, 0.29) is 0 Å². The number of nitrogens with two attached hydrogens (primary N) is 1. The molecule has 1 aromatic heterocycles. The maximum absolute atomic E-state index is 11.4. The minimum Gasteiger partial charge on any atom is -0.444 e. The van der Waals surface area contributed by atoms with Gasteiger partial charge in [0.25, 0.3) is 0 Å². The van der Waals surface area contributed by atoms with E-state index in [9.17, 15) is 4.79 Å². The zero-order valence-electron chi connectivity index (χ0n) is 11.9. The summed E-state index contributed by atoms with van der Waals surface area (Å²) < 4.78 is 5.11. The average molecular weight is 266 g/mol. The molecule has 0 aromatic carbocycles. The summed E-state index contributed by atoms with van der Waals surface area (Å²) in [5, 5.41) is 5.70. The number of aryl methyl sites for hydroxylation is 1. The smallest absolute Gasteiger partial charge is 0.407 e. The summed E-state index contributed by atoms with van der Waals surface area (Å²) in [6.07, 6.45) is 1.30. The van der Waals surface area contributed by atoms with E-state index in [2.05, 4.69) is 15.6 Å². The zero-order valence-corrected chi connectivity index (χ0v) is 11.9. The number of rotatable bonds is 4. The van der Waals surface area contributed by atoms with Crippen molar-refractivity contribution in [3.8, 4) is 0 Å². The first-order valence-corrected chi connectivity index (χ1v) is 6.21. The SMILES string of the molecule is Cc1cnc(NCCNC(=O)OC(C)(C)C)c(N)c1. The Morgan fingerprint density at radius 3 is 2.68 bits per heavy atom. The fraction of sp³-hybridized carbons (Fsp3) is 0.538. The highest BCUT2D eigenvalue weighted by atomic mass is 16.6. The van der Waals surface area contributed by atoms with Gasteiger partial charge in [-0.25, -0.2) is 9.78 Å². The number of hydrogen-bond donors (Lipinski definition) is 3. The van der Waals surface area contributed by atoms with Crippen molar-refractivity contribution in [1.29, 1.82) is 0 Å². The van der Waals surface area contributed by atoms with Crippen molar-refractivity contribution in [2.45, 2.75) is 33.3 Å². The summed E-state index contributed by atoms with van der Waals surface area (Å²) in [7, 11) is 0. The van der Waals surface area contributed by atoms with Crippen LogP contribution in [0.2, 0.25) is 0 Å². The van der Waals surface area contributed by atoms with Crippen molar-refractivity contribution in [2.24, 2.45) is 0 Å². The Balaban J connectivity index is 2.29. The second-order valence-corrected chi connectivity index (χ2v) is 5.31. The monoisotopic (exact) mass is 266 g/mol. The molecule has 6 heteroatoms. The highest BCUT2D eigenvalue weighted by Crippen LogP contribution is 2.15. The van der Waals surface area contributed by atoms with Crippen LogP contribution in [0.3, 0.4) is 0 Å². The summed E-state index contributed by atoms with van der Waals surface area (Å²) in [6.45, 7) is 8.35. The van der Waals surface area contributed by atoms with Crippen molar-refractivity contribution in [3.63, 3.8) is 0 Å². The number of carbonyl (C=O) groups excluding carboxylic acids is 1. The van der Waals surface area contributed by atoms with Crippen molar-refractivity contribution in [2.75, 3.05) is 24.1 Å². The molecule has 0 atom stereocenters. The number of nitrogen functional groups attached to an aromatic ring is 1. The van der Waals surface area contributed by atoms with Gasteiger partial charge in [0, 0.05) is 19.3 Å². The number of carbonyl (C=O) groups is 1. The van der Waals surface area contributed by atoms with Crippen molar-refractivity contribution in [3.05, 3.63) is 17.8 Å². The molecule has 6 nitrogen and oxygen atoms in total. The molecule has 19 heavy (non-hydrogen) atoms. The van der Waals surface area contributed by atoms with Gasteiger partial charge in [-0.15, -0.1) is 0 Å². The Labute approximate surface area is 113 Å². The Morgan fingerprint density at radius 2 is 2.11 bits per heavy atom. The number of hydrogen-bond acceptors (Lipinski definition) is 5. The highest BCUT2D eigenvalue weighted by Gasteiger charge is 2.15. The summed E-state index contributed by atoms with van der Waals surface area (Å²) in [6, 6.07) is 1.84. The molecule has 0 saturated heterocycles. The normalized spacial score (nSPS) is 10.9. The molecule has 0 bridgehead atoms. The molecule has 0 aliphatic carbocycles. The molecule has 1 rings (SSSR count). The predicted octanol–water partition coefficient (Wildman–Crippen LogP) is 1.91. The first kappa shape index (κ1) is 15.1. The summed E-state index contributed by atoms with van der Waals surface area (Å²) in [5.74, 6) is 0.622. The highest BCUT2D eigenvalue weighted by molar-refractivity contribution is 5.67. The number of pyridine rings is 1. The lowest BCUT2D eigenvalue weighted by Gasteiger charge is -2.19. The van der Waals surface area contributed by atoms with E-state index >= 15 is 0 Å². The van der Waals surface area contributed by atoms with E-state index < -0.39 is 11.7 Å². The molecule has 0 aliphatic rings. The third-order valence-corrected chi connectivity index (χ3v) is 2.14. The van der Waals surface area contributed by atoms with Crippen LogP contribution in [0.15, 0.2) is 12.3 Å². The first-order valence-electron chi connectivity index (χ1n) is 6.21. The van der Waals surface area contributed by atoms with Gasteiger partial charge in [0.2, 0.25) is 0 Å². The van der Waals surface area contributed by atoms with Crippen LogP contribution in [0.4, 0.5) is 16.3 Å². The lowest BCUT2D eigenvalue weighted by atomic mass is 10.2. The molecule has 0 fully saturated rings. The van der Waals surface area contributed by atoms with E-state index in [0.29, 0.717) is 24.6 Å². The number of alkyl carbamates (subject to hydrolysis) is 1. The molecule has 0 radical (unpaired) electrons. The molecule has 1 heterocycles. The van der Waals surface area contributed by atoms with Crippen LogP contribution in [-0.4, -0.2) is 29.8 Å². The predicted molar refractivity (Wildman–Crippen MR) is 76.1 cm³/mol. The van der Waals surface area contributed by atoms with Crippen LogP contribution in [0, 0.1) is 6.92 Å². The second-order valence-electron chi connectivity index (χ2n) is 5.31. The Hall–Kier alpha value is -1.98. The Bertz CT molecular complexity index is 441. The molecule has 0 aliphatic heterocycles. The topological polar surface area (TPSA) is 89.3 Å². The van der Waals surface area contributed by atoms with Gasteiger partial charge in [0.05, 0.1) is 5.69 Å². The van der Waals surface area contributed by atoms with E-state index in [1.165, 1.54) is 0 Å². The van der Waals surface area contributed by atoms with Gasteiger partial charge in [-0.1, -0.05) is 0 Å². The van der Waals surface area contributed by atoms with Gasteiger partial charge < -0.3 is 21.1 Å². The van der Waals surface area contributed by atoms with Crippen LogP contribution in [0.1, 0.15) is 26.3 Å². The van der Waals surface area contributed by atoms with Gasteiger partial charge in [-0.05, 0) is 39.3 Å². The van der Waals surface area contributed by atoms with Crippen molar-refractivity contribution in [1.82, 2.24) is 10.3 Å². The summed E-state index contributed by atoms with van der Waals surface area (Å²) in [5.41, 5.74) is 6.93. The first-order chi connectivity index (χ1) is 8.78. The molecule has 0 saturated carbocycles. The van der Waals surface area contributed by atoms with Crippen LogP contribution < -0.4 is 16.4 Å². The molecule has 106 valence electrons. The largest absolute Gasteiger partial charge is 0.444 e. The third kappa shape index (κ3) is 5.94. The molecular weight excluding hydrogens is 244 g/mol. The average Bonchev–Trinajstić information content (AvgIpc) is 2.24. The Kier molecular flexibility index (Phi) is 4.97. The lowest BCUT2D eigenvalue weighted by Crippen LogP contribution is -2.35. The van der Waals surface area contributed by atoms with Crippen LogP contribution in [0.25, 0.3) is 0 Å². The standard InChI is InChI=1S/C13H22N4O2/c1-9-7-10(14)11(17-8-9)15-5-6-16-12(18)19-13(2,3)4/h7-8H,5-6,14H2,1-4H3,(H,15,17)(H,16,18). The second kappa shape index (κ2) is 6.26. The van der Waals surface area contributed by atoms with Gasteiger partial charge in [-0.2, -0.15) is 0 Å². The molecule has 4 N–H and O–H groups in total. The van der Waals surface area contributed by atoms with E-state index in [1.807, 2.05) is 33.8 Å². The van der Waals surface area contributed by atoms with Crippen LogP contribution in [-0.2, 0) is 4.74 Å². The molecule has 0 unspecified atom stereocenters. The molecule has 1 amide bonds.